The molecule has 35 heavy (non-hydrogen) atoms. The lowest BCUT2D eigenvalue weighted by atomic mass is 10.1. The summed E-state index contributed by atoms with van der Waals surface area (Å²) in [6.07, 6.45) is 5.02. The maximum Gasteiger partial charge on any atom is 0.231 e. The van der Waals surface area contributed by atoms with Crippen LogP contribution in [0.15, 0.2) is 53.7 Å². The molecule has 4 aromatic rings. The van der Waals surface area contributed by atoms with Gasteiger partial charge >= 0.3 is 0 Å². The Hall–Kier alpha value is -4.14. The fraction of sp³-hybridized carbons (Fsp3) is 0.308. The van der Waals surface area contributed by atoms with Crippen molar-refractivity contribution >= 4 is 28.3 Å². The van der Waals surface area contributed by atoms with Gasteiger partial charge in [0, 0.05) is 36.3 Å². The number of aromatic nitrogens is 5. The normalized spacial score (nSPS) is 13.4. The zero-order valence-corrected chi connectivity index (χ0v) is 19.9. The first kappa shape index (κ1) is 22.6. The molecule has 0 bridgehead atoms. The van der Waals surface area contributed by atoms with Crippen LogP contribution in [0.2, 0.25) is 0 Å². The number of carbonyl (C=O) groups excluding carboxylic acids is 2. The number of Topliss-reactive ketones (excluding diaryl/α,β-unsaturated/α-hetero) is 1. The van der Waals surface area contributed by atoms with E-state index in [2.05, 4.69) is 15.5 Å². The highest BCUT2D eigenvalue weighted by molar-refractivity contribution is 6.06. The number of pyridine rings is 2. The van der Waals surface area contributed by atoms with Gasteiger partial charge in [-0.3, -0.25) is 14.4 Å². The molecule has 178 valence electrons. The van der Waals surface area contributed by atoms with Crippen LogP contribution in [0, 0.1) is 5.92 Å². The zero-order valence-electron chi connectivity index (χ0n) is 19.9. The van der Waals surface area contributed by atoms with E-state index in [4.69, 9.17) is 4.98 Å². The molecular weight excluding hydrogens is 444 g/mol. The summed E-state index contributed by atoms with van der Waals surface area (Å²) >= 11 is 0. The maximum atomic E-state index is 13.5. The van der Waals surface area contributed by atoms with Crippen molar-refractivity contribution < 1.29 is 9.59 Å². The summed E-state index contributed by atoms with van der Waals surface area (Å²) in [5.41, 5.74) is 2.58. The predicted molar refractivity (Wildman–Crippen MR) is 133 cm³/mol. The Labute approximate surface area is 201 Å². The van der Waals surface area contributed by atoms with Gasteiger partial charge in [0.1, 0.15) is 17.8 Å². The molecule has 9 heteroatoms. The summed E-state index contributed by atoms with van der Waals surface area (Å²) < 4.78 is 3.78. The van der Waals surface area contributed by atoms with Crippen LogP contribution in [0.25, 0.3) is 33.7 Å². The molecule has 1 saturated carbocycles. The molecular formula is C26H26N6O3. The summed E-state index contributed by atoms with van der Waals surface area (Å²) in [4.78, 5) is 42.5. The summed E-state index contributed by atoms with van der Waals surface area (Å²) in [5, 5.41) is 11.4. The molecule has 1 aliphatic rings. The molecule has 0 spiro atoms. The minimum absolute atomic E-state index is 0.0271. The number of aryl methyl sites for hydroxylation is 1. The van der Waals surface area contributed by atoms with Gasteiger partial charge in [-0.2, -0.15) is 0 Å². The van der Waals surface area contributed by atoms with E-state index in [1.165, 1.54) is 0 Å². The quantitative estimate of drug-likeness (QED) is 0.412. The topological polar surface area (TPSA) is 112 Å². The van der Waals surface area contributed by atoms with Crippen LogP contribution < -0.4 is 10.7 Å². The molecule has 1 aliphatic carbocycles. The summed E-state index contributed by atoms with van der Waals surface area (Å²) in [6, 6.07) is 10.8. The van der Waals surface area contributed by atoms with Crippen molar-refractivity contribution in [1.82, 2.24) is 24.3 Å². The van der Waals surface area contributed by atoms with Gasteiger partial charge in [-0.05, 0) is 57.0 Å². The molecule has 1 fully saturated rings. The third-order valence-electron chi connectivity index (χ3n) is 6.22. The molecule has 0 atom stereocenters. The van der Waals surface area contributed by atoms with Gasteiger partial charge in [0.15, 0.2) is 11.3 Å². The van der Waals surface area contributed by atoms with Crippen molar-refractivity contribution in [3.05, 3.63) is 59.1 Å². The molecule has 3 heterocycles. The summed E-state index contributed by atoms with van der Waals surface area (Å²) in [7, 11) is 1.86. The minimum atomic E-state index is -0.363. The number of anilines is 1. The molecule has 0 radical (unpaired) electrons. The first-order chi connectivity index (χ1) is 16.8. The number of nitrogens with one attached hydrogen (secondary N) is 1. The van der Waals surface area contributed by atoms with E-state index in [1.54, 1.807) is 36.8 Å². The second kappa shape index (κ2) is 8.90. The molecule has 3 aromatic heterocycles. The van der Waals surface area contributed by atoms with Gasteiger partial charge in [-0.1, -0.05) is 6.07 Å². The predicted octanol–water partition coefficient (Wildman–Crippen LogP) is 3.75. The van der Waals surface area contributed by atoms with E-state index in [1.807, 2.05) is 42.2 Å². The first-order valence-electron chi connectivity index (χ1n) is 11.6. The van der Waals surface area contributed by atoms with Crippen LogP contribution in [0.5, 0.6) is 0 Å². The van der Waals surface area contributed by atoms with Crippen molar-refractivity contribution in [1.29, 1.82) is 0 Å². The number of nitrogens with zero attached hydrogens (tertiary/aromatic N) is 5. The molecule has 0 saturated heterocycles. The molecule has 1 amide bonds. The van der Waals surface area contributed by atoms with Crippen molar-refractivity contribution in [2.75, 3.05) is 5.32 Å². The van der Waals surface area contributed by atoms with Crippen molar-refractivity contribution in [2.45, 2.75) is 39.2 Å². The van der Waals surface area contributed by atoms with Crippen molar-refractivity contribution in [3.8, 4) is 22.8 Å². The van der Waals surface area contributed by atoms with E-state index in [-0.39, 0.29) is 35.5 Å². The van der Waals surface area contributed by atoms with E-state index in [0.717, 1.165) is 18.4 Å². The van der Waals surface area contributed by atoms with Gasteiger partial charge in [-0.15, -0.1) is 10.2 Å². The molecule has 0 unspecified atom stereocenters. The number of carbonyl (C=O) groups is 2. The fourth-order valence-corrected chi connectivity index (χ4v) is 4.18. The third kappa shape index (κ3) is 4.49. The Morgan fingerprint density at radius 3 is 2.66 bits per heavy atom. The van der Waals surface area contributed by atoms with Gasteiger partial charge < -0.3 is 14.5 Å². The Bertz CT molecular complexity index is 1510. The molecule has 0 aliphatic heterocycles. The second-order valence-electron chi connectivity index (χ2n) is 9.24. The van der Waals surface area contributed by atoms with Crippen LogP contribution >= 0.6 is 0 Å². The smallest absolute Gasteiger partial charge is 0.231 e. The highest BCUT2D eigenvalue weighted by atomic mass is 16.2. The third-order valence-corrected chi connectivity index (χ3v) is 6.22. The van der Waals surface area contributed by atoms with E-state index < -0.39 is 0 Å². The maximum absolute atomic E-state index is 13.5. The highest BCUT2D eigenvalue weighted by Gasteiger charge is 2.30. The minimum Gasteiger partial charge on any atom is -0.350 e. The van der Waals surface area contributed by atoms with Crippen LogP contribution in [0.1, 0.15) is 39.2 Å². The molecule has 9 nitrogen and oxygen atoms in total. The van der Waals surface area contributed by atoms with Crippen molar-refractivity contribution in [3.63, 3.8) is 0 Å². The Balaban J connectivity index is 1.51. The number of hydrogen-bond donors (Lipinski definition) is 1. The van der Waals surface area contributed by atoms with Crippen LogP contribution in [-0.2, 0) is 16.6 Å². The highest BCUT2D eigenvalue weighted by Crippen LogP contribution is 2.31. The van der Waals surface area contributed by atoms with Crippen LogP contribution in [0.3, 0.4) is 0 Å². The van der Waals surface area contributed by atoms with E-state index >= 15 is 0 Å². The number of fused-ring (bicyclic) bond motifs is 1. The Morgan fingerprint density at radius 1 is 1.14 bits per heavy atom. The average molecular weight is 471 g/mol. The number of benzene rings is 1. The Kier molecular flexibility index (Phi) is 5.76. The zero-order chi connectivity index (χ0) is 24.7. The van der Waals surface area contributed by atoms with Gasteiger partial charge in [0.05, 0.1) is 23.2 Å². The van der Waals surface area contributed by atoms with Crippen LogP contribution in [-0.4, -0.2) is 36.0 Å². The standard InChI is InChI=1S/C26H26N6O3/c1-15(2)32-14-27-30-26(32)21-6-4-5-20(29-21)19-13-31(3)22-10-9-17(11-18(22)25(19)35)28-24(34)12-23(33)16-7-8-16/h4-6,9-11,13-16H,7-8,12H2,1-3H3,(H,28,34). The van der Waals surface area contributed by atoms with E-state index in [0.29, 0.717) is 33.8 Å². The van der Waals surface area contributed by atoms with Crippen LogP contribution in [0.4, 0.5) is 5.69 Å². The molecule has 5 rings (SSSR count). The van der Waals surface area contributed by atoms with Gasteiger partial charge in [0.25, 0.3) is 0 Å². The Morgan fingerprint density at radius 2 is 1.91 bits per heavy atom. The average Bonchev–Trinajstić information content (AvgIpc) is 3.57. The number of rotatable bonds is 7. The van der Waals surface area contributed by atoms with E-state index in [9.17, 15) is 14.4 Å². The monoisotopic (exact) mass is 470 g/mol. The summed E-state index contributed by atoms with van der Waals surface area (Å²) in [5.74, 6) is 0.272. The molecule has 1 N–H and O–H groups in total. The number of amides is 1. The molecule has 1 aromatic carbocycles. The number of hydrogen-bond acceptors (Lipinski definition) is 6. The first-order valence-corrected chi connectivity index (χ1v) is 11.6. The number of ketones is 1. The lowest BCUT2D eigenvalue weighted by Gasteiger charge is -2.12. The van der Waals surface area contributed by atoms with Gasteiger partial charge in [-0.25, -0.2) is 4.98 Å². The SMILES string of the molecule is CC(C)n1cnnc1-c1cccc(-c2cn(C)c3ccc(NC(=O)CC(=O)C4CC4)cc3c2=O)n1. The summed E-state index contributed by atoms with van der Waals surface area (Å²) in [6.45, 7) is 4.07. The fourth-order valence-electron chi connectivity index (χ4n) is 4.18. The van der Waals surface area contributed by atoms with Gasteiger partial charge in [0.2, 0.25) is 5.91 Å². The lowest BCUT2D eigenvalue weighted by Crippen LogP contribution is -2.18. The second-order valence-corrected chi connectivity index (χ2v) is 9.24. The largest absolute Gasteiger partial charge is 0.350 e. The lowest BCUT2D eigenvalue weighted by molar-refractivity contribution is -0.126. The van der Waals surface area contributed by atoms with Crippen molar-refractivity contribution in [2.24, 2.45) is 13.0 Å².